The first-order valence-electron chi connectivity index (χ1n) is 7.80. The fourth-order valence-electron chi connectivity index (χ4n) is 2.55. The topological polar surface area (TPSA) is 76.7 Å². The predicted octanol–water partition coefficient (Wildman–Crippen LogP) is 1.00. The van der Waals surface area contributed by atoms with Gasteiger partial charge in [0.05, 0.1) is 19.3 Å². The maximum atomic E-state index is 5.79. The van der Waals surface area contributed by atoms with Crippen LogP contribution in [0.15, 0.2) is 6.07 Å². The summed E-state index contributed by atoms with van der Waals surface area (Å²) in [6.45, 7) is 10.6. The maximum Gasteiger partial charge on any atom is 0.225 e. The summed E-state index contributed by atoms with van der Waals surface area (Å²) in [6.07, 6.45) is 0.0553. The molecule has 2 rings (SSSR count). The van der Waals surface area contributed by atoms with Gasteiger partial charge in [-0.2, -0.15) is 9.97 Å². The van der Waals surface area contributed by atoms with Crippen molar-refractivity contribution in [3.63, 3.8) is 0 Å². The second-order valence-electron chi connectivity index (χ2n) is 5.97. The molecule has 7 heteroatoms. The Bertz CT molecular complexity index is 477. The van der Waals surface area contributed by atoms with Gasteiger partial charge in [-0.25, -0.2) is 0 Å². The van der Waals surface area contributed by atoms with Gasteiger partial charge in [0.15, 0.2) is 0 Å². The van der Waals surface area contributed by atoms with Crippen LogP contribution >= 0.6 is 0 Å². The first-order chi connectivity index (χ1) is 10.5. The van der Waals surface area contributed by atoms with E-state index in [-0.39, 0.29) is 12.1 Å². The lowest BCUT2D eigenvalue weighted by Gasteiger charge is -2.34. The summed E-state index contributed by atoms with van der Waals surface area (Å²) in [5, 5.41) is 0. The Hall–Kier alpha value is -1.60. The van der Waals surface area contributed by atoms with Crippen molar-refractivity contribution in [2.45, 2.75) is 32.9 Å². The number of morpholine rings is 1. The first-order valence-corrected chi connectivity index (χ1v) is 7.80. The molecule has 0 unspecified atom stereocenters. The smallest absolute Gasteiger partial charge is 0.225 e. The van der Waals surface area contributed by atoms with Gasteiger partial charge in [0, 0.05) is 38.8 Å². The van der Waals surface area contributed by atoms with Gasteiger partial charge in [0.1, 0.15) is 5.82 Å². The summed E-state index contributed by atoms with van der Waals surface area (Å²) < 4.78 is 11.0. The van der Waals surface area contributed by atoms with Crippen LogP contribution in [0.5, 0.6) is 5.88 Å². The minimum Gasteiger partial charge on any atom is -0.475 e. The Morgan fingerprint density at radius 1 is 1.32 bits per heavy atom. The normalized spacial score (nSPS) is 17.5. The van der Waals surface area contributed by atoms with E-state index in [9.17, 15) is 0 Å². The Balaban J connectivity index is 2.01. The largest absolute Gasteiger partial charge is 0.475 e. The molecular weight excluding hydrogens is 282 g/mol. The van der Waals surface area contributed by atoms with Crippen molar-refractivity contribution in [3.8, 4) is 5.88 Å². The molecule has 1 atom stereocenters. The van der Waals surface area contributed by atoms with Crippen molar-refractivity contribution in [2.75, 3.05) is 50.5 Å². The van der Waals surface area contributed by atoms with Crippen LogP contribution in [0.4, 0.5) is 11.8 Å². The number of rotatable bonds is 6. The Morgan fingerprint density at radius 2 is 2.00 bits per heavy atom. The molecule has 1 aliphatic heterocycles. The van der Waals surface area contributed by atoms with Gasteiger partial charge in [0.25, 0.3) is 0 Å². The second kappa shape index (κ2) is 7.60. The monoisotopic (exact) mass is 309 g/mol. The molecule has 0 amide bonds. The number of hydrogen-bond acceptors (Lipinski definition) is 7. The minimum atomic E-state index is 0.0553. The van der Waals surface area contributed by atoms with E-state index in [1.807, 2.05) is 27.0 Å². The zero-order chi connectivity index (χ0) is 16.1. The number of ether oxygens (including phenoxy) is 2. The lowest BCUT2D eigenvalue weighted by molar-refractivity contribution is 0.0218. The predicted molar refractivity (Wildman–Crippen MR) is 87.3 cm³/mol. The highest BCUT2D eigenvalue weighted by atomic mass is 16.5. The molecular formula is C15H27N5O2. The van der Waals surface area contributed by atoms with Crippen LogP contribution in [0.1, 0.15) is 20.8 Å². The minimum absolute atomic E-state index is 0.0553. The quantitative estimate of drug-likeness (QED) is 0.840. The van der Waals surface area contributed by atoms with Gasteiger partial charge in [-0.15, -0.1) is 0 Å². The van der Waals surface area contributed by atoms with E-state index in [4.69, 9.17) is 15.2 Å². The SMILES string of the molecule is CC(C)Oc1cc(N(C)C[C@@H](C)N2CCOCC2)nc(N)n1. The van der Waals surface area contributed by atoms with Crippen LogP contribution in [0, 0.1) is 0 Å². The standard InChI is InChI=1S/C15H27N5O2/c1-11(2)22-14-9-13(17-15(16)18-14)19(4)10-12(3)20-5-7-21-8-6-20/h9,11-12H,5-8,10H2,1-4H3,(H2,16,17,18)/t12-/m1/s1. The lowest BCUT2D eigenvalue weighted by atomic mass is 10.2. The maximum absolute atomic E-state index is 5.79. The molecule has 0 radical (unpaired) electrons. The molecule has 0 spiro atoms. The highest BCUT2D eigenvalue weighted by Gasteiger charge is 2.19. The van der Waals surface area contributed by atoms with Crippen molar-refractivity contribution in [2.24, 2.45) is 0 Å². The molecule has 0 bridgehead atoms. The number of likely N-dealkylation sites (N-methyl/N-ethyl adjacent to an activating group) is 1. The highest BCUT2D eigenvalue weighted by molar-refractivity contribution is 5.45. The molecule has 1 aliphatic rings. The summed E-state index contributed by atoms with van der Waals surface area (Å²) >= 11 is 0. The van der Waals surface area contributed by atoms with Crippen molar-refractivity contribution in [3.05, 3.63) is 6.07 Å². The third kappa shape index (κ3) is 4.71. The molecule has 2 heterocycles. The average molecular weight is 309 g/mol. The summed E-state index contributed by atoms with van der Waals surface area (Å²) in [6, 6.07) is 2.25. The number of aromatic nitrogens is 2. The molecule has 1 aromatic rings. The first kappa shape index (κ1) is 16.8. The number of nitrogens with zero attached hydrogens (tertiary/aromatic N) is 4. The lowest BCUT2D eigenvalue weighted by Crippen LogP contribution is -2.46. The highest BCUT2D eigenvalue weighted by Crippen LogP contribution is 2.19. The molecule has 7 nitrogen and oxygen atoms in total. The fraction of sp³-hybridized carbons (Fsp3) is 0.733. The van der Waals surface area contributed by atoms with E-state index in [2.05, 4.69) is 26.7 Å². The van der Waals surface area contributed by atoms with Crippen LogP contribution < -0.4 is 15.4 Å². The zero-order valence-corrected chi connectivity index (χ0v) is 14.0. The van der Waals surface area contributed by atoms with Crippen LogP contribution in [0.25, 0.3) is 0 Å². The third-order valence-corrected chi connectivity index (χ3v) is 3.66. The fourth-order valence-corrected chi connectivity index (χ4v) is 2.55. The van der Waals surface area contributed by atoms with E-state index >= 15 is 0 Å². The van der Waals surface area contributed by atoms with Gasteiger partial charge < -0.3 is 20.1 Å². The van der Waals surface area contributed by atoms with Crippen molar-refractivity contribution in [1.29, 1.82) is 0 Å². The van der Waals surface area contributed by atoms with Gasteiger partial charge in [-0.05, 0) is 20.8 Å². The van der Waals surface area contributed by atoms with Gasteiger partial charge in [0.2, 0.25) is 11.8 Å². The van der Waals surface area contributed by atoms with Crippen molar-refractivity contribution < 1.29 is 9.47 Å². The summed E-state index contributed by atoms with van der Waals surface area (Å²) in [4.78, 5) is 12.9. The van der Waals surface area contributed by atoms with E-state index < -0.39 is 0 Å². The zero-order valence-electron chi connectivity index (χ0n) is 14.0. The Labute approximate surface area is 132 Å². The average Bonchev–Trinajstić information content (AvgIpc) is 2.46. The van der Waals surface area contributed by atoms with Gasteiger partial charge >= 0.3 is 0 Å². The van der Waals surface area contributed by atoms with E-state index in [0.29, 0.717) is 11.9 Å². The molecule has 1 aromatic heterocycles. The van der Waals surface area contributed by atoms with Crippen LogP contribution in [-0.4, -0.2) is 66.9 Å². The molecule has 22 heavy (non-hydrogen) atoms. The summed E-state index contributed by atoms with van der Waals surface area (Å²) in [7, 11) is 2.01. The van der Waals surface area contributed by atoms with Gasteiger partial charge in [-0.1, -0.05) is 0 Å². The molecule has 1 saturated heterocycles. The van der Waals surface area contributed by atoms with E-state index in [1.54, 1.807) is 0 Å². The molecule has 0 aliphatic carbocycles. The van der Waals surface area contributed by atoms with Crippen LogP contribution in [0.2, 0.25) is 0 Å². The number of nitrogen functional groups attached to an aromatic ring is 1. The van der Waals surface area contributed by atoms with Crippen LogP contribution in [0.3, 0.4) is 0 Å². The van der Waals surface area contributed by atoms with Crippen molar-refractivity contribution in [1.82, 2.24) is 14.9 Å². The number of nitrogens with two attached hydrogens (primary N) is 1. The summed E-state index contributed by atoms with van der Waals surface area (Å²) in [5.74, 6) is 1.53. The van der Waals surface area contributed by atoms with Crippen molar-refractivity contribution >= 4 is 11.8 Å². The Morgan fingerprint density at radius 3 is 2.64 bits per heavy atom. The van der Waals surface area contributed by atoms with Gasteiger partial charge in [-0.3, -0.25) is 4.90 Å². The molecule has 0 saturated carbocycles. The molecule has 124 valence electrons. The molecule has 1 fully saturated rings. The number of hydrogen-bond donors (Lipinski definition) is 1. The molecule has 0 aromatic carbocycles. The molecule has 2 N–H and O–H groups in total. The van der Waals surface area contributed by atoms with Crippen LogP contribution in [-0.2, 0) is 4.74 Å². The second-order valence-corrected chi connectivity index (χ2v) is 5.97. The summed E-state index contributed by atoms with van der Waals surface area (Å²) in [5.41, 5.74) is 5.79. The number of anilines is 2. The Kier molecular flexibility index (Phi) is 5.79. The van der Waals surface area contributed by atoms with E-state index in [1.165, 1.54) is 0 Å². The third-order valence-electron chi connectivity index (χ3n) is 3.66. The van der Waals surface area contributed by atoms with E-state index in [0.717, 1.165) is 38.7 Å².